The van der Waals surface area contributed by atoms with E-state index in [-0.39, 0.29) is 34.7 Å². The molecule has 9 heteroatoms. The number of carboxylic acid groups (broad SMARTS) is 1. The molecule has 0 fully saturated rings. The molecule has 4 nitrogen and oxygen atoms in total. The van der Waals surface area contributed by atoms with E-state index in [1.54, 1.807) is 24.3 Å². The van der Waals surface area contributed by atoms with E-state index in [0.717, 1.165) is 16.7 Å². The Labute approximate surface area is 150 Å². The smallest absolute Gasteiger partial charge is 0.550 e. The summed E-state index contributed by atoms with van der Waals surface area (Å²) in [5.41, 5.74) is 0.125. The zero-order valence-electron chi connectivity index (χ0n) is 11.8. The Kier molecular flexibility index (Phi) is 6.42. The maximum atomic E-state index is 12.4. The second kappa shape index (κ2) is 7.45. The molecule has 1 aromatic carbocycles. The predicted octanol–water partition coefficient (Wildman–Crippen LogP) is -0.237. The molecule has 0 unspecified atom stereocenters. The number of carbonyl (C=O) groups is 1. The number of carbonyl (C=O) groups excluding carboxylic acids is 1. The minimum absolute atomic E-state index is 0. The molecule has 1 N–H and O–H groups in total. The van der Waals surface area contributed by atoms with E-state index in [2.05, 4.69) is 10.3 Å². The normalized spacial score (nSPS) is 12.4. The van der Waals surface area contributed by atoms with Gasteiger partial charge in [0.25, 0.3) is 0 Å². The predicted molar refractivity (Wildman–Crippen MR) is 70.3 cm³/mol. The number of halogens is 3. The van der Waals surface area contributed by atoms with E-state index in [0.29, 0.717) is 11.3 Å². The van der Waals surface area contributed by atoms with Crippen LogP contribution in [0.25, 0.3) is 0 Å². The maximum Gasteiger partial charge on any atom is 1.00 e. The van der Waals surface area contributed by atoms with Gasteiger partial charge in [-0.15, -0.1) is 11.3 Å². The number of aliphatic carboxylic acids is 1. The molecule has 2 rings (SSSR count). The van der Waals surface area contributed by atoms with Gasteiger partial charge in [0.15, 0.2) is 10.8 Å². The average molecular weight is 338 g/mol. The third-order valence-electron chi connectivity index (χ3n) is 2.81. The zero-order valence-corrected chi connectivity index (χ0v) is 14.6. The average Bonchev–Trinajstić information content (AvgIpc) is 2.87. The summed E-state index contributed by atoms with van der Waals surface area (Å²) in [6.45, 7) is 1.49. The third-order valence-corrected chi connectivity index (χ3v) is 3.57. The van der Waals surface area contributed by atoms with E-state index in [4.69, 9.17) is 0 Å². The van der Waals surface area contributed by atoms with Crippen molar-refractivity contribution in [2.24, 2.45) is 0 Å². The number of anilines is 2. The Morgan fingerprint density at radius 2 is 1.91 bits per heavy atom. The molecule has 1 aromatic heterocycles. The molecule has 112 valence electrons. The second-order valence-electron chi connectivity index (χ2n) is 4.32. The van der Waals surface area contributed by atoms with Gasteiger partial charge in [0.2, 0.25) is 0 Å². The molecule has 0 spiro atoms. The summed E-state index contributed by atoms with van der Waals surface area (Å²) in [7, 11) is 0. The number of nitrogens with one attached hydrogen (secondary N) is 1. The molecule has 0 saturated carbocycles. The monoisotopic (exact) mass is 338 g/mol. The van der Waals surface area contributed by atoms with Gasteiger partial charge in [-0.05, 0) is 17.7 Å². The standard InChI is InChI=1S/C13H11F3N2O2S.Na/c1-7(11(19)20)8-2-4-9(5-3-8)17-12-18-10(6-21-12)13(14,15)16;/h2-7H,1H3,(H,17,18)(H,19,20);/q;+1/p-1/t7-;/m0./s1. The summed E-state index contributed by atoms with van der Waals surface area (Å²) in [4.78, 5) is 14.2. The molecule has 1 heterocycles. The largest absolute Gasteiger partial charge is 1.00 e. The Morgan fingerprint density at radius 1 is 1.32 bits per heavy atom. The molecule has 0 aliphatic carbocycles. The molecule has 0 aliphatic rings. The van der Waals surface area contributed by atoms with Crippen molar-refractivity contribution in [3.63, 3.8) is 0 Å². The fourth-order valence-electron chi connectivity index (χ4n) is 1.58. The Balaban J connectivity index is 0.00000242. The van der Waals surface area contributed by atoms with E-state index in [1.807, 2.05) is 0 Å². The van der Waals surface area contributed by atoms with Gasteiger partial charge < -0.3 is 15.2 Å². The first-order chi connectivity index (χ1) is 9.77. The fourth-order valence-corrected chi connectivity index (χ4v) is 2.31. The number of alkyl halides is 3. The van der Waals surface area contributed by atoms with Crippen molar-refractivity contribution in [3.05, 3.63) is 40.9 Å². The van der Waals surface area contributed by atoms with Crippen molar-refractivity contribution in [2.45, 2.75) is 19.0 Å². The Hall–Kier alpha value is -1.09. The van der Waals surface area contributed by atoms with Crippen LogP contribution in [-0.4, -0.2) is 11.0 Å². The van der Waals surface area contributed by atoms with Crippen molar-refractivity contribution >= 4 is 28.1 Å². The maximum absolute atomic E-state index is 12.4. The molecule has 0 radical (unpaired) electrons. The van der Waals surface area contributed by atoms with Crippen LogP contribution in [0.2, 0.25) is 0 Å². The first-order valence-electron chi connectivity index (χ1n) is 5.88. The summed E-state index contributed by atoms with van der Waals surface area (Å²) < 4.78 is 37.2. The summed E-state index contributed by atoms with van der Waals surface area (Å²) in [5.74, 6) is -1.94. The SMILES string of the molecule is C[C@H](C(=O)[O-])c1ccc(Nc2nc(C(F)(F)F)cs2)cc1.[Na+]. The van der Waals surface area contributed by atoms with Crippen LogP contribution in [0.5, 0.6) is 0 Å². The van der Waals surface area contributed by atoms with Gasteiger partial charge in [-0.2, -0.15) is 13.2 Å². The van der Waals surface area contributed by atoms with Gasteiger partial charge >= 0.3 is 35.7 Å². The van der Waals surface area contributed by atoms with Crippen molar-refractivity contribution in [3.8, 4) is 0 Å². The van der Waals surface area contributed by atoms with Crippen molar-refractivity contribution in [1.82, 2.24) is 4.98 Å². The number of hydrogen-bond donors (Lipinski definition) is 1. The van der Waals surface area contributed by atoms with Crippen LogP contribution in [0, 0.1) is 0 Å². The first-order valence-corrected chi connectivity index (χ1v) is 6.76. The van der Waals surface area contributed by atoms with Crippen LogP contribution < -0.4 is 40.0 Å². The van der Waals surface area contributed by atoms with Crippen molar-refractivity contribution in [1.29, 1.82) is 0 Å². The van der Waals surface area contributed by atoms with Crippen molar-refractivity contribution < 1.29 is 52.6 Å². The topological polar surface area (TPSA) is 65.0 Å². The minimum Gasteiger partial charge on any atom is -0.550 e. The van der Waals surface area contributed by atoms with E-state index < -0.39 is 23.8 Å². The summed E-state index contributed by atoms with van der Waals surface area (Å²) in [5, 5.41) is 14.5. The third kappa shape index (κ3) is 4.70. The molecular formula is C13H10F3N2NaO2S. The first kappa shape index (κ1) is 19.0. The van der Waals surface area contributed by atoms with E-state index >= 15 is 0 Å². The van der Waals surface area contributed by atoms with Crippen molar-refractivity contribution in [2.75, 3.05) is 5.32 Å². The Bertz CT molecular complexity index is 643. The summed E-state index contributed by atoms with van der Waals surface area (Å²) in [6, 6.07) is 6.29. The molecule has 1 atom stereocenters. The zero-order chi connectivity index (χ0) is 15.6. The molecule has 0 amide bonds. The number of benzene rings is 1. The van der Waals surface area contributed by atoms with Gasteiger partial charge in [0, 0.05) is 23.0 Å². The van der Waals surface area contributed by atoms with Crippen LogP contribution in [0.15, 0.2) is 29.6 Å². The molecule has 0 bridgehead atoms. The molecular weight excluding hydrogens is 328 g/mol. The number of thiazole rings is 1. The van der Waals surface area contributed by atoms with E-state index in [9.17, 15) is 23.1 Å². The van der Waals surface area contributed by atoms with Gasteiger partial charge in [-0.3, -0.25) is 0 Å². The summed E-state index contributed by atoms with van der Waals surface area (Å²) >= 11 is 0.840. The van der Waals surface area contributed by atoms with Gasteiger partial charge in [0.1, 0.15) is 0 Å². The van der Waals surface area contributed by atoms with Gasteiger partial charge in [0.05, 0.1) is 0 Å². The quantitative estimate of drug-likeness (QED) is 0.782. The van der Waals surface area contributed by atoms with Crippen LogP contribution >= 0.6 is 11.3 Å². The molecule has 0 saturated heterocycles. The molecule has 0 aliphatic heterocycles. The van der Waals surface area contributed by atoms with Crippen LogP contribution in [-0.2, 0) is 11.0 Å². The van der Waals surface area contributed by atoms with Crippen LogP contribution in [0.1, 0.15) is 24.1 Å². The number of aromatic nitrogens is 1. The van der Waals surface area contributed by atoms with E-state index in [1.165, 1.54) is 6.92 Å². The van der Waals surface area contributed by atoms with Gasteiger partial charge in [-0.25, -0.2) is 4.98 Å². The number of hydrogen-bond acceptors (Lipinski definition) is 5. The fraction of sp³-hybridized carbons (Fsp3) is 0.231. The minimum atomic E-state index is -4.47. The van der Waals surface area contributed by atoms with Crippen LogP contribution in [0.3, 0.4) is 0 Å². The molecule has 22 heavy (non-hydrogen) atoms. The number of nitrogens with zero attached hydrogens (tertiary/aromatic N) is 1. The number of carboxylic acids is 1. The van der Waals surface area contributed by atoms with Crippen LogP contribution in [0.4, 0.5) is 24.0 Å². The molecule has 2 aromatic rings. The Morgan fingerprint density at radius 3 is 2.36 bits per heavy atom. The number of rotatable bonds is 4. The van der Waals surface area contributed by atoms with Gasteiger partial charge in [-0.1, -0.05) is 19.1 Å². The summed E-state index contributed by atoms with van der Waals surface area (Å²) in [6.07, 6.45) is -4.47. The second-order valence-corrected chi connectivity index (χ2v) is 5.18.